The summed E-state index contributed by atoms with van der Waals surface area (Å²) in [4.78, 5) is 13.2. The van der Waals surface area contributed by atoms with Gasteiger partial charge in [0, 0.05) is 30.9 Å². The molecule has 0 aliphatic carbocycles. The first kappa shape index (κ1) is 15.2. The molecule has 0 aliphatic heterocycles. The molecule has 0 fully saturated rings. The molecule has 21 heavy (non-hydrogen) atoms. The van der Waals surface area contributed by atoms with Crippen molar-refractivity contribution in [3.8, 4) is 0 Å². The van der Waals surface area contributed by atoms with Gasteiger partial charge in [-0.2, -0.15) is 0 Å². The lowest BCUT2D eigenvalue weighted by atomic mass is 10.1. The summed E-state index contributed by atoms with van der Waals surface area (Å²) in [5.74, 6) is 2.65. The van der Waals surface area contributed by atoms with Gasteiger partial charge in [0.1, 0.15) is 17.5 Å². The third-order valence-electron chi connectivity index (χ3n) is 3.41. The van der Waals surface area contributed by atoms with Crippen molar-refractivity contribution in [3.63, 3.8) is 0 Å². The number of aryl methyl sites for hydroxylation is 1. The second kappa shape index (κ2) is 7.02. The fourth-order valence-corrected chi connectivity index (χ4v) is 2.14. The van der Waals surface area contributed by atoms with Crippen LogP contribution >= 0.6 is 0 Å². The maximum Gasteiger partial charge on any atom is 0.135 e. The third kappa shape index (κ3) is 3.68. The molecule has 0 amide bonds. The summed E-state index contributed by atoms with van der Waals surface area (Å²) in [7, 11) is 0. The third-order valence-corrected chi connectivity index (χ3v) is 3.41. The van der Waals surface area contributed by atoms with Gasteiger partial charge in [0.05, 0.1) is 6.04 Å². The maximum absolute atomic E-state index is 4.62. The van der Waals surface area contributed by atoms with Crippen LogP contribution in [0.3, 0.4) is 0 Å². The number of hydrogen-bond donors (Lipinski definition) is 2. The zero-order valence-corrected chi connectivity index (χ0v) is 13.1. The number of pyridine rings is 1. The quantitative estimate of drug-likeness (QED) is 0.852. The Hall–Kier alpha value is -2.17. The molecule has 1 unspecified atom stereocenters. The van der Waals surface area contributed by atoms with Gasteiger partial charge >= 0.3 is 0 Å². The van der Waals surface area contributed by atoms with Gasteiger partial charge in [-0.05, 0) is 38.5 Å². The van der Waals surface area contributed by atoms with Crippen molar-refractivity contribution >= 4 is 11.6 Å². The molecule has 2 aromatic heterocycles. The largest absolute Gasteiger partial charge is 0.370 e. The Bertz CT molecular complexity index is 583. The average molecular weight is 285 g/mol. The monoisotopic (exact) mass is 285 g/mol. The van der Waals surface area contributed by atoms with Crippen LogP contribution in [-0.4, -0.2) is 21.5 Å². The smallest absolute Gasteiger partial charge is 0.135 e. The molecule has 5 heteroatoms. The van der Waals surface area contributed by atoms with E-state index in [2.05, 4.69) is 46.4 Å². The summed E-state index contributed by atoms with van der Waals surface area (Å²) in [6.07, 6.45) is 4.43. The second-order valence-electron chi connectivity index (χ2n) is 4.99. The van der Waals surface area contributed by atoms with Gasteiger partial charge in [0.15, 0.2) is 0 Å². The van der Waals surface area contributed by atoms with E-state index in [1.165, 1.54) is 5.56 Å². The highest BCUT2D eigenvalue weighted by atomic mass is 15.1. The molecule has 0 aliphatic rings. The van der Waals surface area contributed by atoms with E-state index in [0.29, 0.717) is 0 Å². The van der Waals surface area contributed by atoms with Gasteiger partial charge in [-0.25, -0.2) is 9.97 Å². The lowest BCUT2D eigenvalue weighted by Gasteiger charge is -2.19. The standard InChI is InChI=1S/C16H23N5/c1-5-14-20-15(18-6-2)11(3)16(21-14)19-12(4)13-7-9-17-10-8-13/h7-10,12H,5-6H2,1-4H3,(H2,18,19,20,21). The topological polar surface area (TPSA) is 62.7 Å². The molecule has 0 radical (unpaired) electrons. The highest BCUT2D eigenvalue weighted by molar-refractivity contribution is 5.58. The van der Waals surface area contributed by atoms with E-state index in [4.69, 9.17) is 0 Å². The molecular weight excluding hydrogens is 262 g/mol. The van der Waals surface area contributed by atoms with Crippen molar-refractivity contribution in [2.24, 2.45) is 0 Å². The number of aromatic nitrogens is 3. The Kier molecular flexibility index (Phi) is 5.09. The number of nitrogens with zero attached hydrogens (tertiary/aromatic N) is 3. The molecule has 5 nitrogen and oxygen atoms in total. The molecular formula is C16H23N5. The van der Waals surface area contributed by atoms with Crippen molar-refractivity contribution in [1.29, 1.82) is 0 Å². The van der Waals surface area contributed by atoms with Gasteiger partial charge < -0.3 is 10.6 Å². The Morgan fingerprint density at radius 1 is 1.10 bits per heavy atom. The lowest BCUT2D eigenvalue weighted by Crippen LogP contribution is -2.13. The van der Waals surface area contributed by atoms with E-state index in [1.807, 2.05) is 31.5 Å². The van der Waals surface area contributed by atoms with E-state index in [-0.39, 0.29) is 6.04 Å². The minimum Gasteiger partial charge on any atom is -0.370 e. The first-order chi connectivity index (χ1) is 10.2. The summed E-state index contributed by atoms with van der Waals surface area (Å²) in [6, 6.07) is 4.20. The van der Waals surface area contributed by atoms with Gasteiger partial charge in [-0.3, -0.25) is 4.98 Å². The molecule has 2 N–H and O–H groups in total. The Balaban J connectivity index is 2.28. The zero-order chi connectivity index (χ0) is 15.2. The molecule has 0 aromatic carbocycles. The summed E-state index contributed by atoms with van der Waals surface area (Å²) in [5, 5.41) is 6.78. The van der Waals surface area contributed by atoms with Gasteiger partial charge in [0.2, 0.25) is 0 Å². The zero-order valence-electron chi connectivity index (χ0n) is 13.1. The Morgan fingerprint density at radius 3 is 2.38 bits per heavy atom. The van der Waals surface area contributed by atoms with Gasteiger partial charge in [0.25, 0.3) is 0 Å². The lowest BCUT2D eigenvalue weighted by molar-refractivity contribution is 0.848. The van der Waals surface area contributed by atoms with E-state index in [9.17, 15) is 0 Å². The van der Waals surface area contributed by atoms with Gasteiger partial charge in [-0.15, -0.1) is 0 Å². The van der Waals surface area contributed by atoms with Crippen LogP contribution < -0.4 is 10.6 Å². The van der Waals surface area contributed by atoms with Crippen molar-refractivity contribution in [2.45, 2.75) is 40.2 Å². The molecule has 2 heterocycles. The van der Waals surface area contributed by atoms with Crippen molar-refractivity contribution in [3.05, 3.63) is 41.5 Å². The van der Waals surface area contributed by atoms with Crippen LogP contribution in [0.5, 0.6) is 0 Å². The Morgan fingerprint density at radius 2 is 1.76 bits per heavy atom. The molecule has 0 saturated carbocycles. The number of hydrogen-bond acceptors (Lipinski definition) is 5. The van der Waals surface area contributed by atoms with Crippen molar-refractivity contribution in [2.75, 3.05) is 17.2 Å². The molecule has 2 rings (SSSR count). The van der Waals surface area contributed by atoms with Crippen LogP contribution in [0.25, 0.3) is 0 Å². The van der Waals surface area contributed by atoms with Crippen molar-refractivity contribution < 1.29 is 0 Å². The van der Waals surface area contributed by atoms with Crippen LogP contribution in [0.2, 0.25) is 0 Å². The van der Waals surface area contributed by atoms with E-state index in [0.717, 1.165) is 36.0 Å². The molecule has 0 spiro atoms. The van der Waals surface area contributed by atoms with Crippen LogP contribution in [-0.2, 0) is 6.42 Å². The molecule has 112 valence electrons. The molecule has 1 atom stereocenters. The van der Waals surface area contributed by atoms with Gasteiger partial charge in [-0.1, -0.05) is 6.92 Å². The maximum atomic E-state index is 4.62. The highest BCUT2D eigenvalue weighted by Crippen LogP contribution is 2.24. The predicted molar refractivity (Wildman–Crippen MR) is 86.6 cm³/mol. The first-order valence-corrected chi connectivity index (χ1v) is 7.43. The summed E-state index contributed by atoms with van der Waals surface area (Å²) in [5.41, 5.74) is 2.24. The van der Waals surface area contributed by atoms with Crippen LogP contribution in [0.15, 0.2) is 24.5 Å². The average Bonchev–Trinajstić information content (AvgIpc) is 2.52. The van der Waals surface area contributed by atoms with Crippen LogP contribution in [0.1, 0.15) is 43.8 Å². The molecule has 0 saturated heterocycles. The summed E-state index contributed by atoms with van der Waals surface area (Å²) in [6.45, 7) is 9.14. The van der Waals surface area contributed by atoms with Crippen molar-refractivity contribution in [1.82, 2.24) is 15.0 Å². The highest BCUT2D eigenvalue weighted by Gasteiger charge is 2.13. The van der Waals surface area contributed by atoms with Crippen LogP contribution in [0, 0.1) is 6.92 Å². The minimum atomic E-state index is 0.167. The normalized spacial score (nSPS) is 12.0. The fraction of sp³-hybridized carbons (Fsp3) is 0.438. The summed E-state index contributed by atoms with van der Waals surface area (Å²) >= 11 is 0. The molecule has 0 bridgehead atoms. The molecule has 2 aromatic rings. The van der Waals surface area contributed by atoms with E-state index < -0.39 is 0 Å². The van der Waals surface area contributed by atoms with E-state index >= 15 is 0 Å². The number of anilines is 2. The van der Waals surface area contributed by atoms with Crippen LogP contribution in [0.4, 0.5) is 11.6 Å². The first-order valence-electron chi connectivity index (χ1n) is 7.43. The Labute approximate surface area is 126 Å². The minimum absolute atomic E-state index is 0.167. The fourth-order valence-electron chi connectivity index (χ4n) is 2.14. The second-order valence-corrected chi connectivity index (χ2v) is 4.99. The number of nitrogens with one attached hydrogen (secondary N) is 2. The SMILES string of the molecule is CCNc1nc(CC)nc(NC(C)c2ccncc2)c1C. The number of rotatable bonds is 6. The predicted octanol–water partition coefficient (Wildman–Crippen LogP) is 3.35. The van der Waals surface area contributed by atoms with E-state index in [1.54, 1.807) is 0 Å². The summed E-state index contributed by atoms with van der Waals surface area (Å²) < 4.78 is 0.